The van der Waals surface area contributed by atoms with Gasteiger partial charge in [-0.2, -0.15) is 4.31 Å². The van der Waals surface area contributed by atoms with Gasteiger partial charge in [0.15, 0.2) is 5.60 Å². The number of amides is 1. The number of piperidine rings is 1. The number of oxime groups is 1. The normalized spacial score (nSPS) is 23.1. The highest BCUT2D eigenvalue weighted by Crippen LogP contribution is 2.34. The Balaban J connectivity index is 1.57. The van der Waals surface area contributed by atoms with Crippen molar-refractivity contribution in [1.82, 2.24) is 14.6 Å². The SMILES string of the molecule is CCCCS(=O)(=O)N1CCCC2(CC(C(=O)NCc3ccncc3)=NO2)C1. The summed E-state index contributed by atoms with van der Waals surface area (Å²) in [7, 11) is -3.30. The maximum absolute atomic E-state index is 12.5. The monoisotopic (exact) mass is 394 g/mol. The van der Waals surface area contributed by atoms with Gasteiger partial charge in [0.05, 0.1) is 12.3 Å². The molecular formula is C18H26N4O4S. The van der Waals surface area contributed by atoms with E-state index < -0.39 is 15.6 Å². The molecule has 1 atom stereocenters. The van der Waals surface area contributed by atoms with E-state index in [1.165, 1.54) is 4.31 Å². The third-order valence-corrected chi connectivity index (χ3v) is 6.86. The van der Waals surface area contributed by atoms with Crippen LogP contribution in [-0.2, 0) is 26.2 Å². The first-order valence-corrected chi connectivity index (χ1v) is 10.9. The van der Waals surface area contributed by atoms with Crippen LogP contribution in [0.2, 0.25) is 0 Å². The van der Waals surface area contributed by atoms with Crippen molar-refractivity contribution in [3.63, 3.8) is 0 Å². The Hall–Kier alpha value is -2.00. The molecule has 2 aliphatic rings. The molecule has 1 aromatic rings. The summed E-state index contributed by atoms with van der Waals surface area (Å²) in [6.07, 6.45) is 6.54. The number of hydrogen-bond donors (Lipinski definition) is 1. The van der Waals surface area contributed by atoms with Crippen molar-refractivity contribution in [1.29, 1.82) is 0 Å². The lowest BCUT2D eigenvalue weighted by Gasteiger charge is -2.37. The van der Waals surface area contributed by atoms with Crippen molar-refractivity contribution in [2.24, 2.45) is 5.16 Å². The van der Waals surface area contributed by atoms with Gasteiger partial charge in [0.1, 0.15) is 5.71 Å². The van der Waals surface area contributed by atoms with Gasteiger partial charge in [-0.05, 0) is 37.0 Å². The molecule has 0 aliphatic carbocycles. The summed E-state index contributed by atoms with van der Waals surface area (Å²) in [5.74, 6) is -0.130. The predicted molar refractivity (Wildman–Crippen MR) is 101 cm³/mol. The second-order valence-corrected chi connectivity index (χ2v) is 9.22. The Kier molecular flexibility index (Phi) is 6.11. The zero-order valence-corrected chi connectivity index (χ0v) is 16.4. The van der Waals surface area contributed by atoms with Gasteiger partial charge in [-0.15, -0.1) is 0 Å². The van der Waals surface area contributed by atoms with Crippen molar-refractivity contribution in [3.8, 4) is 0 Å². The molecule has 1 saturated heterocycles. The van der Waals surface area contributed by atoms with Gasteiger partial charge in [0.25, 0.3) is 5.91 Å². The minimum absolute atomic E-state index is 0.152. The number of hydrogen-bond acceptors (Lipinski definition) is 6. The van der Waals surface area contributed by atoms with Crippen LogP contribution in [0.1, 0.15) is 44.6 Å². The third kappa shape index (κ3) is 4.84. The van der Waals surface area contributed by atoms with E-state index in [-0.39, 0.29) is 18.2 Å². The van der Waals surface area contributed by atoms with Crippen LogP contribution >= 0.6 is 0 Å². The van der Waals surface area contributed by atoms with Crippen LogP contribution in [0.4, 0.5) is 0 Å². The van der Waals surface area contributed by atoms with Crippen molar-refractivity contribution >= 4 is 21.6 Å². The lowest BCUT2D eigenvalue weighted by Crippen LogP contribution is -2.51. The predicted octanol–water partition coefficient (Wildman–Crippen LogP) is 1.44. The first-order valence-electron chi connectivity index (χ1n) is 9.34. The Bertz CT molecular complexity index is 797. The van der Waals surface area contributed by atoms with E-state index in [9.17, 15) is 13.2 Å². The third-order valence-electron chi connectivity index (χ3n) is 4.96. The molecule has 0 bridgehead atoms. The average Bonchev–Trinajstić information content (AvgIpc) is 3.08. The fourth-order valence-corrected chi connectivity index (χ4v) is 5.15. The Morgan fingerprint density at radius 1 is 1.37 bits per heavy atom. The van der Waals surface area contributed by atoms with E-state index in [0.29, 0.717) is 44.5 Å². The highest BCUT2D eigenvalue weighted by Gasteiger charge is 2.46. The topological polar surface area (TPSA) is 101 Å². The highest BCUT2D eigenvalue weighted by molar-refractivity contribution is 7.89. The first kappa shape index (κ1) is 19.8. The molecule has 1 spiro atoms. The molecule has 27 heavy (non-hydrogen) atoms. The quantitative estimate of drug-likeness (QED) is 0.754. The van der Waals surface area contributed by atoms with Crippen molar-refractivity contribution in [2.45, 2.75) is 51.2 Å². The largest absolute Gasteiger partial charge is 0.387 e. The molecule has 8 nitrogen and oxygen atoms in total. The number of nitrogens with one attached hydrogen (secondary N) is 1. The number of unbranched alkanes of at least 4 members (excludes halogenated alkanes) is 1. The molecule has 1 N–H and O–H groups in total. The number of carbonyl (C=O) groups is 1. The summed E-state index contributed by atoms with van der Waals surface area (Å²) in [5, 5.41) is 6.80. The lowest BCUT2D eigenvalue weighted by atomic mass is 9.89. The maximum atomic E-state index is 12.5. The fraction of sp³-hybridized carbons (Fsp3) is 0.611. The molecule has 1 fully saturated rings. The van der Waals surface area contributed by atoms with E-state index in [4.69, 9.17) is 4.84 Å². The van der Waals surface area contributed by atoms with Crippen molar-refractivity contribution < 1.29 is 18.0 Å². The Morgan fingerprint density at radius 3 is 2.89 bits per heavy atom. The van der Waals surface area contributed by atoms with Crippen LogP contribution in [0.25, 0.3) is 0 Å². The molecule has 2 aliphatic heterocycles. The summed E-state index contributed by atoms with van der Waals surface area (Å²) >= 11 is 0. The van der Waals surface area contributed by atoms with Gasteiger partial charge < -0.3 is 10.2 Å². The summed E-state index contributed by atoms with van der Waals surface area (Å²) < 4.78 is 26.5. The zero-order chi connectivity index (χ0) is 19.3. The van der Waals surface area contributed by atoms with Crippen LogP contribution in [0.15, 0.2) is 29.7 Å². The van der Waals surface area contributed by atoms with E-state index in [0.717, 1.165) is 12.0 Å². The fourth-order valence-electron chi connectivity index (χ4n) is 3.40. The Morgan fingerprint density at radius 2 is 2.15 bits per heavy atom. The van der Waals surface area contributed by atoms with Gasteiger partial charge >= 0.3 is 0 Å². The van der Waals surface area contributed by atoms with Crippen molar-refractivity contribution in [2.75, 3.05) is 18.8 Å². The standard InChI is InChI=1S/C18H26N4O4S/c1-2-3-11-27(24,25)22-10-4-7-18(14-22)12-16(21-26-18)17(23)20-13-15-5-8-19-9-6-15/h5-6,8-9H,2-4,7,10-14H2,1H3,(H,20,23). The van der Waals surface area contributed by atoms with Gasteiger partial charge in [0, 0.05) is 31.9 Å². The second kappa shape index (κ2) is 8.35. The number of aromatic nitrogens is 1. The zero-order valence-electron chi connectivity index (χ0n) is 15.6. The highest BCUT2D eigenvalue weighted by atomic mass is 32.2. The number of sulfonamides is 1. The van der Waals surface area contributed by atoms with Gasteiger partial charge in [-0.25, -0.2) is 8.42 Å². The molecule has 1 aromatic heterocycles. The molecule has 148 valence electrons. The first-order chi connectivity index (χ1) is 12.9. The van der Waals surface area contributed by atoms with Crippen molar-refractivity contribution in [3.05, 3.63) is 30.1 Å². The van der Waals surface area contributed by atoms with Crippen LogP contribution in [0.5, 0.6) is 0 Å². The maximum Gasteiger partial charge on any atom is 0.269 e. The molecule has 0 radical (unpaired) electrons. The number of carbonyl (C=O) groups excluding carboxylic acids is 1. The van der Waals surface area contributed by atoms with E-state index in [2.05, 4.69) is 15.5 Å². The van der Waals surface area contributed by atoms with E-state index >= 15 is 0 Å². The molecule has 3 rings (SSSR count). The lowest BCUT2D eigenvalue weighted by molar-refractivity contribution is -0.115. The summed E-state index contributed by atoms with van der Waals surface area (Å²) in [4.78, 5) is 21.9. The number of rotatable bonds is 7. The molecule has 9 heteroatoms. The molecule has 0 aromatic carbocycles. The van der Waals surface area contributed by atoms with E-state index in [1.807, 2.05) is 19.1 Å². The molecule has 1 amide bonds. The smallest absolute Gasteiger partial charge is 0.269 e. The van der Waals surface area contributed by atoms with Gasteiger partial charge in [-0.3, -0.25) is 9.78 Å². The average molecular weight is 394 g/mol. The summed E-state index contributed by atoms with van der Waals surface area (Å²) in [6, 6.07) is 3.66. The number of pyridine rings is 1. The molecular weight excluding hydrogens is 368 g/mol. The minimum Gasteiger partial charge on any atom is -0.387 e. The van der Waals surface area contributed by atoms with Crippen LogP contribution in [0.3, 0.4) is 0 Å². The summed E-state index contributed by atoms with van der Waals surface area (Å²) in [5.41, 5.74) is 0.538. The Labute approximate surface area is 160 Å². The van der Waals surface area contributed by atoms with Gasteiger partial charge in [-0.1, -0.05) is 18.5 Å². The number of nitrogens with zero attached hydrogens (tertiary/aromatic N) is 3. The second-order valence-electron chi connectivity index (χ2n) is 7.13. The molecule has 3 heterocycles. The van der Waals surface area contributed by atoms with E-state index in [1.54, 1.807) is 12.4 Å². The van der Waals surface area contributed by atoms with Crippen LogP contribution in [0, 0.1) is 0 Å². The van der Waals surface area contributed by atoms with Gasteiger partial charge in [0.2, 0.25) is 10.0 Å². The van der Waals surface area contributed by atoms with Crippen LogP contribution in [-0.4, -0.2) is 53.8 Å². The minimum atomic E-state index is -3.30. The molecule has 1 unspecified atom stereocenters. The molecule has 0 saturated carbocycles. The summed E-state index contributed by atoms with van der Waals surface area (Å²) in [6.45, 7) is 3.10. The van der Waals surface area contributed by atoms with Crippen LogP contribution < -0.4 is 5.32 Å².